The minimum absolute atomic E-state index is 0.449. The maximum atomic E-state index is 5.29. The van der Waals surface area contributed by atoms with Crippen LogP contribution in [0.25, 0.3) is 11.5 Å². The molecule has 3 heterocycles. The molecule has 0 saturated carbocycles. The molecule has 0 aliphatic rings. The molecule has 3 rings (SSSR count). The summed E-state index contributed by atoms with van der Waals surface area (Å²) < 4.78 is 12.3. The number of nitrogens with zero attached hydrogens (tertiary/aromatic N) is 5. The van der Waals surface area contributed by atoms with E-state index in [0.717, 1.165) is 17.0 Å². The lowest BCUT2D eigenvalue weighted by atomic mass is 10.1. The first-order chi connectivity index (χ1) is 9.56. The minimum Gasteiger partial charge on any atom is -0.448 e. The largest absolute Gasteiger partial charge is 0.448 e. The van der Waals surface area contributed by atoms with E-state index in [1.807, 2.05) is 32.5 Å². The van der Waals surface area contributed by atoms with Gasteiger partial charge in [0.25, 0.3) is 0 Å². The van der Waals surface area contributed by atoms with Gasteiger partial charge < -0.3 is 8.94 Å². The van der Waals surface area contributed by atoms with Crippen LogP contribution < -0.4 is 0 Å². The monoisotopic (exact) mass is 273 g/mol. The molecule has 7 heteroatoms. The van der Waals surface area contributed by atoms with Gasteiger partial charge in [0.05, 0.1) is 12.1 Å². The third kappa shape index (κ3) is 2.01. The molecule has 0 atom stereocenters. The van der Waals surface area contributed by atoms with Crippen molar-refractivity contribution < 1.29 is 8.94 Å². The summed E-state index contributed by atoms with van der Waals surface area (Å²) in [6.45, 7) is 5.81. The Labute approximate surface area is 115 Å². The van der Waals surface area contributed by atoms with Gasteiger partial charge in [-0.15, -0.1) is 0 Å². The molecule has 0 aliphatic heterocycles. The summed E-state index contributed by atoms with van der Waals surface area (Å²) in [5.74, 6) is 1.66. The highest BCUT2D eigenvalue weighted by atomic mass is 16.5. The van der Waals surface area contributed by atoms with Gasteiger partial charge in [-0.2, -0.15) is 10.1 Å². The number of rotatable bonds is 3. The highest BCUT2D eigenvalue weighted by Gasteiger charge is 2.17. The zero-order valence-corrected chi connectivity index (χ0v) is 11.8. The molecule has 0 unspecified atom stereocenters. The second kappa shape index (κ2) is 4.59. The second-order valence-electron chi connectivity index (χ2n) is 4.72. The van der Waals surface area contributed by atoms with E-state index in [1.165, 1.54) is 6.39 Å². The Morgan fingerprint density at radius 3 is 2.65 bits per heavy atom. The molecule has 0 amide bonds. The predicted octanol–water partition coefficient (Wildman–Crippen LogP) is 1.97. The Balaban J connectivity index is 1.90. The van der Waals surface area contributed by atoms with Gasteiger partial charge in [0.15, 0.2) is 12.1 Å². The third-order valence-electron chi connectivity index (χ3n) is 3.41. The summed E-state index contributed by atoms with van der Waals surface area (Å²) >= 11 is 0. The average molecular weight is 273 g/mol. The summed E-state index contributed by atoms with van der Waals surface area (Å²) in [5.41, 5.74) is 3.79. The highest BCUT2D eigenvalue weighted by molar-refractivity contribution is 5.50. The maximum absolute atomic E-state index is 5.29. The van der Waals surface area contributed by atoms with Gasteiger partial charge >= 0.3 is 0 Å². The van der Waals surface area contributed by atoms with Gasteiger partial charge in [-0.1, -0.05) is 5.16 Å². The summed E-state index contributed by atoms with van der Waals surface area (Å²) in [7, 11) is 1.92. The third-order valence-corrected chi connectivity index (χ3v) is 3.41. The van der Waals surface area contributed by atoms with Crippen molar-refractivity contribution in [2.75, 3.05) is 0 Å². The van der Waals surface area contributed by atoms with Gasteiger partial charge in [0.2, 0.25) is 11.7 Å². The molecule has 0 bridgehead atoms. The molecule has 0 fully saturated rings. The zero-order valence-electron chi connectivity index (χ0n) is 11.8. The van der Waals surface area contributed by atoms with Gasteiger partial charge in [0.1, 0.15) is 5.76 Å². The number of hydrogen-bond acceptors (Lipinski definition) is 6. The molecule has 20 heavy (non-hydrogen) atoms. The van der Waals surface area contributed by atoms with Crippen LogP contribution in [0, 0.1) is 20.8 Å². The standard InChI is InChI=1S/C13H15N5O2/c1-7-10(8(2)18(4)16-7)5-11-15-13(17-20-11)12-9(3)19-6-14-12/h6H,5H2,1-4H3. The molecule has 0 radical (unpaired) electrons. The van der Waals surface area contributed by atoms with Gasteiger partial charge in [-0.3, -0.25) is 4.68 Å². The van der Waals surface area contributed by atoms with Crippen molar-refractivity contribution in [1.29, 1.82) is 0 Å². The molecule has 0 aliphatic carbocycles. The molecule has 104 valence electrons. The first kappa shape index (κ1) is 12.6. The van der Waals surface area contributed by atoms with Crippen molar-refractivity contribution in [3.63, 3.8) is 0 Å². The van der Waals surface area contributed by atoms with Crippen molar-refractivity contribution in [2.45, 2.75) is 27.2 Å². The van der Waals surface area contributed by atoms with Crippen molar-refractivity contribution >= 4 is 0 Å². The van der Waals surface area contributed by atoms with Gasteiger partial charge in [0, 0.05) is 18.3 Å². The van der Waals surface area contributed by atoms with Crippen molar-refractivity contribution in [1.82, 2.24) is 24.9 Å². The quantitative estimate of drug-likeness (QED) is 0.725. The van der Waals surface area contributed by atoms with E-state index in [1.54, 1.807) is 0 Å². The molecule has 3 aromatic heterocycles. The van der Waals surface area contributed by atoms with Crippen LogP contribution in [0.5, 0.6) is 0 Å². The van der Waals surface area contributed by atoms with Crippen LogP contribution in [0.3, 0.4) is 0 Å². The summed E-state index contributed by atoms with van der Waals surface area (Å²) in [4.78, 5) is 8.44. The molecular formula is C13H15N5O2. The van der Waals surface area contributed by atoms with Crippen molar-refractivity contribution in [3.05, 3.63) is 35.0 Å². The summed E-state index contributed by atoms with van der Waals surface area (Å²) in [6.07, 6.45) is 1.94. The maximum Gasteiger partial charge on any atom is 0.231 e. The van der Waals surface area contributed by atoms with Gasteiger partial charge in [-0.25, -0.2) is 4.98 Å². The fourth-order valence-electron chi connectivity index (χ4n) is 2.17. The smallest absolute Gasteiger partial charge is 0.231 e. The van der Waals surface area contributed by atoms with Gasteiger partial charge in [-0.05, 0) is 20.8 Å². The van der Waals surface area contributed by atoms with Crippen LogP contribution >= 0.6 is 0 Å². The van der Waals surface area contributed by atoms with Crippen LogP contribution in [-0.2, 0) is 13.5 Å². The molecule has 0 saturated heterocycles. The Hall–Kier alpha value is -2.44. The molecule has 3 aromatic rings. The Bertz CT molecular complexity index is 753. The van der Waals surface area contributed by atoms with Crippen LogP contribution in [0.1, 0.15) is 28.6 Å². The first-order valence-corrected chi connectivity index (χ1v) is 6.28. The first-order valence-electron chi connectivity index (χ1n) is 6.28. The Morgan fingerprint density at radius 1 is 1.25 bits per heavy atom. The fraction of sp³-hybridized carbons (Fsp3) is 0.385. The van der Waals surface area contributed by atoms with E-state index < -0.39 is 0 Å². The van der Waals surface area contributed by atoms with E-state index in [9.17, 15) is 0 Å². The lowest BCUT2D eigenvalue weighted by Gasteiger charge is -1.97. The lowest BCUT2D eigenvalue weighted by Crippen LogP contribution is -1.95. The Kier molecular flexibility index (Phi) is 2.89. The molecule has 0 N–H and O–H groups in total. The van der Waals surface area contributed by atoms with E-state index in [-0.39, 0.29) is 0 Å². The number of hydrogen-bond donors (Lipinski definition) is 0. The molecule has 0 aromatic carbocycles. The fourth-order valence-corrected chi connectivity index (χ4v) is 2.17. The number of aromatic nitrogens is 5. The van der Waals surface area contributed by atoms with Crippen LogP contribution in [0.15, 0.2) is 15.3 Å². The normalized spacial score (nSPS) is 11.2. The zero-order chi connectivity index (χ0) is 14.3. The van der Waals surface area contributed by atoms with Crippen LogP contribution in [0.4, 0.5) is 0 Å². The molecule has 7 nitrogen and oxygen atoms in total. The minimum atomic E-state index is 0.449. The SMILES string of the molecule is Cc1nn(C)c(C)c1Cc1nc(-c2ncoc2C)no1. The topological polar surface area (TPSA) is 82.8 Å². The second-order valence-corrected chi connectivity index (χ2v) is 4.72. The number of oxazole rings is 1. The van der Waals surface area contributed by atoms with E-state index in [2.05, 4.69) is 20.2 Å². The lowest BCUT2D eigenvalue weighted by molar-refractivity contribution is 0.385. The highest BCUT2D eigenvalue weighted by Crippen LogP contribution is 2.20. The Morgan fingerprint density at radius 2 is 2.05 bits per heavy atom. The average Bonchev–Trinajstić information content (AvgIpc) is 3.07. The van der Waals surface area contributed by atoms with Crippen LogP contribution in [0.2, 0.25) is 0 Å². The summed E-state index contributed by atoms with van der Waals surface area (Å²) in [6, 6.07) is 0. The molecule has 0 spiro atoms. The predicted molar refractivity (Wildman–Crippen MR) is 70.0 cm³/mol. The van der Waals surface area contributed by atoms with Crippen LogP contribution in [-0.4, -0.2) is 24.9 Å². The van der Waals surface area contributed by atoms with E-state index in [4.69, 9.17) is 8.94 Å². The van der Waals surface area contributed by atoms with E-state index in [0.29, 0.717) is 29.6 Å². The summed E-state index contributed by atoms with van der Waals surface area (Å²) in [5, 5.41) is 8.32. The molecular weight excluding hydrogens is 258 g/mol. The van der Waals surface area contributed by atoms with Crippen molar-refractivity contribution in [3.8, 4) is 11.5 Å². The number of aryl methyl sites for hydroxylation is 3. The van der Waals surface area contributed by atoms with Crippen molar-refractivity contribution in [2.24, 2.45) is 7.05 Å². The van der Waals surface area contributed by atoms with E-state index >= 15 is 0 Å².